The molecular weight excluding hydrogens is 390 g/mol. The van der Waals surface area contributed by atoms with Gasteiger partial charge in [-0.1, -0.05) is 11.6 Å². The van der Waals surface area contributed by atoms with Crippen molar-refractivity contribution < 1.29 is 33.2 Å². The molecule has 1 amide bonds. The van der Waals surface area contributed by atoms with Gasteiger partial charge in [0.2, 0.25) is 0 Å². The standard InChI is InChI=1S/C19H24ClNO7/c1-18(2)25-12-13(26-18)15-17(28-19(3,4)27-15)24-14(12)16(22)21-10-8-9(20)6-7-11(10)23-5/h6-8,12-15,17H,1-5H3,(H,21,22)/t12-,13-,14-,15-,17-/m1/s1. The number of ether oxygens (including phenoxy) is 6. The molecule has 1 N–H and O–H groups in total. The molecule has 0 radical (unpaired) electrons. The molecule has 3 fully saturated rings. The second-order valence-electron chi connectivity index (χ2n) is 7.92. The topological polar surface area (TPSA) is 84.5 Å². The summed E-state index contributed by atoms with van der Waals surface area (Å²) in [7, 11) is 1.51. The third-order valence-corrected chi connectivity index (χ3v) is 5.07. The van der Waals surface area contributed by atoms with Gasteiger partial charge in [-0.3, -0.25) is 4.79 Å². The summed E-state index contributed by atoms with van der Waals surface area (Å²) in [5.41, 5.74) is 0.435. The molecule has 0 bridgehead atoms. The van der Waals surface area contributed by atoms with E-state index in [-0.39, 0.29) is 0 Å². The first-order chi connectivity index (χ1) is 13.1. The van der Waals surface area contributed by atoms with Gasteiger partial charge in [0.1, 0.15) is 24.1 Å². The predicted octanol–water partition coefficient (Wildman–Crippen LogP) is 2.68. The Morgan fingerprint density at radius 2 is 1.68 bits per heavy atom. The van der Waals surface area contributed by atoms with E-state index in [1.54, 1.807) is 45.9 Å². The molecule has 154 valence electrons. The van der Waals surface area contributed by atoms with Crippen molar-refractivity contribution in [2.24, 2.45) is 0 Å². The molecule has 0 aromatic heterocycles. The molecule has 3 aliphatic rings. The normalized spacial score (nSPS) is 35.1. The van der Waals surface area contributed by atoms with E-state index in [1.807, 2.05) is 0 Å². The molecule has 28 heavy (non-hydrogen) atoms. The maximum atomic E-state index is 13.1. The lowest BCUT2D eigenvalue weighted by Crippen LogP contribution is -2.58. The van der Waals surface area contributed by atoms with E-state index in [4.69, 9.17) is 40.0 Å². The summed E-state index contributed by atoms with van der Waals surface area (Å²) >= 11 is 6.05. The lowest BCUT2D eigenvalue weighted by Gasteiger charge is -2.36. The van der Waals surface area contributed by atoms with Gasteiger partial charge < -0.3 is 33.7 Å². The minimum absolute atomic E-state index is 0.413. The fraction of sp³-hybridized carbons (Fsp3) is 0.632. The van der Waals surface area contributed by atoms with Crippen LogP contribution in [-0.4, -0.2) is 55.3 Å². The van der Waals surface area contributed by atoms with Crippen molar-refractivity contribution >= 4 is 23.2 Å². The maximum Gasteiger partial charge on any atom is 0.256 e. The molecule has 3 saturated heterocycles. The summed E-state index contributed by atoms with van der Waals surface area (Å²) in [5.74, 6) is -1.66. The van der Waals surface area contributed by atoms with Crippen LogP contribution in [0, 0.1) is 0 Å². The molecule has 0 aliphatic carbocycles. The first kappa shape index (κ1) is 19.9. The van der Waals surface area contributed by atoms with E-state index in [0.717, 1.165) is 0 Å². The Labute approximate surface area is 168 Å². The van der Waals surface area contributed by atoms with Gasteiger partial charge in [-0.15, -0.1) is 0 Å². The van der Waals surface area contributed by atoms with Crippen molar-refractivity contribution in [3.8, 4) is 5.75 Å². The number of carbonyl (C=O) groups excluding carboxylic acids is 1. The molecular formula is C19H24ClNO7. The number of benzene rings is 1. The number of hydrogen-bond acceptors (Lipinski definition) is 7. The lowest BCUT2D eigenvalue weighted by molar-refractivity contribution is -0.229. The number of halogens is 1. The Hall–Kier alpha value is -1.42. The summed E-state index contributed by atoms with van der Waals surface area (Å²) in [6.45, 7) is 7.15. The first-order valence-corrected chi connectivity index (χ1v) is 9.47. The number of methoxy groups -OCH3 is 1. The number of rotatable bonds is 3. The second kappa shape index (κ2) is 6.83. The fourth-order valence-electron chi connectivity index (χ4n) is 3.81. The van der Waals surface area contributed by atoms with Gasteiger partial charge in [0.15, 0.2) is 24.0 Å². The van der Waals surface area contributed by atoms with Crippen LogP contribution < -0.4 is 10.1 Å². The molecule has 1 aromatic rings. The minimum atomic E-state index is -0.964. The van der Waals surface area contributed by atoms with Crippen molar-refractivity contribution in [3.05, 3.63) is 23.2 Å². The van der Waals surface area contributed by atoms with Gasteiger partial charge in [0, 0.05) is 5.02 Å². The lowest BCUT2D eigenvalue weighted by atomic mass is 9.98. The third kappa shape index (κ3) is 3.60. The highest BCUT2D eigenvalue weighted by Gasteiger charge is 2.62. The molecule has 3 heterocycles. The maximum absolute atomic E-state index is 13.1. The SMILES string of the molecule is COc1ccc(Cl)cc1NC(=O)[C@@H]1O[C@@H]2OC(C)(C)O[C@@H]2[C@@H]2OC(C)(C)O[C@H]21. The minimum Gasteiger partial charge on any atom is -0.495 e. The third-order valence-electron chi connectivity index (χ3n) is 4.83. The molecule has 5 atom stereocenters. The number of anilines is 1. The molecule has 9 heteroatoms. The Kier molecular flexibility index (Phi) is 4.85. The molecule has 4 rings (SSSR count). The zero-order valence-electron chi connectivity index (χ0n) is 16.4. The summed E-state index contributed by atoms with van der Waals surface area (Å²) in [4.78, 5) is 13.1. The summed E-state index contributed by atoms with van der Waals surface area (Å²) < 4.78 is 35.0. The summed E-state index contributed by atoms with van der Waals surface area (Å²) in [6, 6.07) is 4.96. The average Bonchev–Trinajstić information content (AvgIpc) is 3.08. The second-order valence-corrected chi connectivity index (χ2v) is 8.36. The smallest absolute Gasteiger partial charge is 0.256 e. The van der Waals surface area contributed by atoms with E-state index in [2.05, 4.69) is 5.32 Å². The van der Waals surface area contributed by atoms with E-state index in [9.17, 15) is 4.79 Å². The van der Waals surface area contributed by atoms with Crippen LogP contribution in [0.1, 0.15) is 27.7 Å². The number of carbonyl (C=O) groups is 1. The predicted molar refractivity (Wildman–Crippen MR) is 99.2 cm³/mol. The van der Waals surface area contributed by atoms with Crippen LogP contribution in [0.4, 0.5) is 5.69 Å². The highest BCUT2D eigenvalue weighted by atomic mass is 35.5. The molecule has 1 aromatic carbocycles. The first-order valence-electron chi connectivity index (χ1n) is 9.10. The van der Waals surface area contributed by atoms with Crippen molar-refractivity contribution in [1.29, 1.82) is 0 Å². The largest absolute Gasteiger partial charge is 0.495 e. The summed E-state index contributed by atoms with van der Waals surface area (Å²) in [5, 5.41) is 3.27. The Morgan fingerprint density at radius 3 is 2.39 bits per heavy atom. The fourth-order valence-corrected chi connectivity index (χ4v) is 3.98. The van der Waals surface area contributed by atoms with Crippen molar-refractivity contribution in [3.63, 3.8) is 0 Å². The van der Waals surface area contributed by atoms with Crippen LogP contribution in [0.3, 0.4) is 0 Å². The highest BCUT2D eigenvalue weighted by molar-refractivity contribution is 6.31. The highest BCUT2D eigenvalue weighted by Crippen LogP contribution is 2.44. The number of hydrogen-bond donors (Lipinski definition) is 1. The number of fused-ring (bicyclic) bond motifs is 3. The van der Waals surface area contributed by atoms with Crippen LogP contribution in [0.5, 0.6) is 5.75 Å². The number of nitrogens with one attached hydrogen (secondary N) is 1. The Morgan fingerprint density at radius 1 is 1.04 bits per heavy atom. The van der Waals surface area contributed by atoms with Crippen LogP contribution in [0.25, 0.3) is 0 Å². The van der Waals surface area contributed by atoms with E-state index in [1.165, 1.54) is 7.11 Å². The number of amides is 1. The van der Waals surface area contributed by atoms with Gasteiger partial charge in [-0.25, -0.2) is 0 Å². The Balaban J connectivity index is 1.60. The van der Waals surface area contributed by atoms with Crippen LogP contribution in [-0.2, 0) is 28.5 Å². The van der Waals surface area contributed by atoms with Gasteiger partial charge in [0.05, 0.1) is 12.8 Å². The average molecular weight is 414 g/mol. The molecule has 0 saturated carbocycles. The quantitative estimate of drug-likeness (QED) is 0.815. The van der Waals surface area contributed by atoms with E-state index >= 15 is 0 Å². The van der Waals surface area contributed by atoms with Gasteiger partial charge in [0.25, 0.3) is 5.91 Å². The van der Waals surface area contributed by atoms with E-state index in [0.29, 0.717) is 16.5 Å². The zero-order valence-corrected chi connectivity index (χ0v) is 17.1. The van der Waals surface area contributed by atoms with Gasteiger partial charge in [-0.2, -0.15) is 0 Å². The van der Waals surface area contributed by atoms with Crippen LogP contribution >= 0.6 is 11.6 Å². The van der Waals surface area contributed by atoms with Gasteiger partial charge >= 0.3 is 0 Å². The van der Waals surface area contributed by atoms with E-state index < -0.39 is 48.2 Å². The van der Waals surface area contributed by atoms with Gasteiger partial charge in [-0.05, 0) is 45.9 Å². The van der Waals surface area contributed by atoms with Crippen LogP contribution in [0.2, 0.25) is 5.02 Å². The van der Waals surface area contributed by atoms with Crippen LogP contribution in [0.15, 0.2) is 18.2 Å². The van der Waals surface area contributed by atoms with Crippen molar-refractivity contribution in [2.45, 2.75) is 70.0 Å². The monoisotopic (exact) mass is 413 g/mol. The Bertz CT molecular complexity index is 784. The zero-order chi connectivity index (χ0) is 20.3. The molecule has 0 unspecified atom stereocenters. The van der Waals surface area contributed by atoms with Crippen molar-refractivity contribution in [2.75, 3.05) is 12.4 Å². The van der Waals surface area contributed by atoms with Crippen molar-refractivity contribution in [1.82, 2.24) is 0 Å². The molecule has 8 nitrogen and oxygen atoms in total. The molecule has 3 aliphatic heterocycles. The molecule has 0 spiro atoms. The summed E-state index contributed by atoms with van der Waals surface area (Å²) in [6.07, 6.45) is -3.36.